The Balaban J connectivity index is 0.00000272. The van der Waals surface area contributed by atoms with Crippen molar-refractivity contribution in [2.24, 2.45) is 51.8 Å². The van der Waals surface area contributed by atoms with Gasteiger partial charge in [-0.05, 0) is 68.1 Å². The van der Waals surface area contributed by atoms with Crippen LogP contribution in [0.1, 0.15) is 66.2 Å². The molecule has 5 aliphatic rings. The van der Waals surface area contributed by atoms with Crippen molar-refractivity contribution < 1.29 is 59.3 Å². The van der Waals surface area contributed by atoms with E-state index in [1.165, 1.54) is 0 Å². The molecule has 0 saturated heterocycles. The predicted octanol–water partition coefficient (Wildman–Crippen LogP) is 1.30. The number of hydrogen-bond donors (Lipinski definition) is 3. The van der Waals surface area contributed by atoms with Crippen molar-refractivity contribution in [2.45, 2.75) is 66.2 Å². The number of allylic oxidation sites excluding steroid dienone is 2. The van der Waals surface area contributed by atoms with Crippen LogP contribution in [0.5, 0.6) is 0 Å². The monoisotopic (exact) mass is 441 g/mol. The summed E-state index contributed by atoms with van der Waals surface area (Å²) in [5.74, 6) is -4.76. The topological polar surface area (TPSA) is 112 Å². The van der Waals surface area contributed by atoms with Gasteiger partial charge < -0.3 is 15.3 Å². The zero-order valence-electron chi connectivity index (χ0n) is 19.4. The van der Waals surface area contributed by atoms with Gasteiger partial charge in [-0.1, -0.05) is 38.8 Å². The van der Waals surface area contributed by atoms with E-state index < -0.39 is 40.6 Å². The number of hydrogen-bond acceptors (Lipinski definition) is 3. The largest absolute Gasteiger partial charge is 1.00 e. The number of rotatable bonds is 4. The molecule has 6 nitrogen and oxygen atoms in total. The molecule has 166 valence electrons. The Morgan fingerprint density at radius 1 is 1.00 bits per heavy atom. The molecule has 8 unspecified atom stereocenters. The van der Waals surface area contributed by atoms with Gasteiger partial charge in [0.2, 0.25) is 0 Å². The molecule has 5 rings (SSSR count). The number of fused-ring (bicyclic) bond motifs is 2. The quantitative estimate of drug-likeness (QED) is 0.448. The maximum absolute atomic E-state index is 12.5. The van der Waals surface area contributed by atoms with Gasteiger partial charge in [0.15, 0.2) is 0 Å². The molecule has 0 aliphatic heterocycles. The van der Waals surface area contributed by atoms with Gasteiger partial charge in [0.25, 0.3) is 0 Å². The van der Waals surface area contributed by atoms with Crippen molar-refractivity contribution in [1.82, 2.24) is 0 Å². The van der Waals surface area contributed by atoms with Crippen molar-refractivity contribution in [1.29, 1.82) is 0 Å². The van der Waals surface area contributed by atoms with Gasteiger partial charge in [0, 0.05) is 5.41 Å². The van der Waals surface area contributed by atoms with E-state index in [-0.39, 0.29) is 58.6 Å². The van der Waals surface area contributed by atoms with Crippen molar-refractivity contribution >= 4 is 17.9 Å². The van der Waals surface area contributed by atoms with Crippen molar-refractivity contribution in [3.63, 3.8) is 0 Å². The van der Waals surface area contributed by atoms with Gasteiger partial charge in [0.05, 0.1) is 17.3 Å². The molecule has 0 aromatic rings. The van der Waals surface area contributed by atoms with E-state index in [0.717, 1.165) is 18.4 Å². The fourth-order valence-electron chi connectivity index (χ4n) is 8.56. The van der Waals surface area contributed by atoms with Crippen LogP contribution < -0.4 is 29.6 Å². The third-order valence-corrected chi connectivity index (χ3v) is 9.72. The minimum Gasteiger partial charge on any atom is -0.481 e. The molecule has 31 heavy (non-hydrogen) atoms. The van der Waals surface area contributed by atoms with E-state index >= 15 is 0 Å². The van der Waals surface area contributed by atoms with Gasteiger partial charge in [-0.25, -0.2) is 0 Å². The van der Waals surface area contributed by atoms with Crippen LogP contribution >= 0.6 is 0 Å². The van der Waals surface area contributed by atoms with E-state index in [2.05, 4.69) is 26.8 Å². The molecule has 3 saturated carbocycles. The first-order valence-corrected chi connectivity index (χ1v) is 11.3. The summed E-state index contributed by atoms with van der Waals surface area (Å²) in [6.07, 6.45) is 6.36. The smallest absolute Gasteiger partial charge is 0.481 e. The van der Waals surface area contributed by atoms with E-state index in [0.29, 0.717) is 25.7 Å². The van der Waals surface area contributed by atoms with Crippen LogP contribution in [0.2, 0.25) is 0 Å². The normalized spacial score (nSPS) is 45.7. The van der Waals surface area contributed by atoms with Crippen LogP contribution in [0.4, 0.5) is 0 Å². The molecule has 0 aromatic heterocycles. The van der Waals surface area contributed by atoms with E-state index in [1.54, 1.807) is 0 Å². The molecule has 0 aromatic carbocycles. The molecule has 0 heterocycles. The van der Waals surface area contributed by atoms with Crippen molar-refractivity contribution in [2.75, 3.05) is 0 Å². The summed E-state index contributed by atoms with van der Waals surface area (Å²) in [5, 5.41) is 30.3. The van der Waals surface area contributed by atoms with Crippen LogP contribution in [0.3, 0.4) is 0 Å². The molecule has 8 atom stereocenters. The van der Waals surface area contributed by atoms with Crippen molar-refractivity contribution in [3.05, 3.63) is 11.6 Å². The predicted molar refractivity (Wildman–Crippen MR) is 110 cm³/mol. The third kappa shape index (κ3) is 3.18. The summed E-state index contributed by atoms with van der Waals surface area (Å²) in [5.41, 5.74) is -0.709. The summed E-state index contributed by atoms with van der Waals surface area (Å²) in [6, 6.07) is 0. The minimum atomic E-state index is -1.02. The van der Waals surface area contributed by atoms with Gasteiger partial charge >= 0.3 is 47.5 Å². The average molecular weight is 442 g/mol. The zero-order valence-corrected chi connectivity index (χ0v) is 21.4. The van der Waals surface area contributed by atoms with Crippen LogP contribution in [0, 0.1) is 51.8 Å². The molecule has 1 spiro atoms. The second-order valence-corrected chi connectivity index (χ2v) is 11.2. The van der Waals surface area contributed by atoms with Crippen LogP contribution in [0.25, 0.3) is 0 Å². The summed E-state index contributed by atoms with van der Waals surface area (Å²) in [7, 11) is 0. The Morgan fingerprint density at radius 2 is 1.65 bits per heavy atom. The van der Waals surface area contributed by atoms with Gasteiger partial charge in [0.1, 0.15) is 0 Å². The molecule has 3 N–H and O–H groups in total. The maximum atomic E-state index is 12.5. The summed E-state index contributed by atoms with van der Waals surface area (Å²) >= 11 is 0. The van der Waals surface area contributed by atoms with E-state index in [9.17, 15) is 29.7 Å². The molecular formula is C24H34NaO6+. The standard InChI is InChI=1S/C24H34O6.Na/c1-12(2)14-11-24-9-6-15-22(3,7-5-8-23(15,4)21(29)30)16(24)10-13(14)17(19(25)26)18(24)20(27)28;/h11-13,15-18H,5-10H2,1-4H3,(H,25,26)(H,27,28)(H,29,30);/q;+1. The Morgan fingerprint density at radius 3 is 2.16 bits per heavy atom. The van der Waals surface area contributed by atoms with E-state index in [4.69, 9.17) is 0 Å². The second kappa shape index (κ2) is 7.88. The van der Waals surface area contributed by atoms with E-state index in [1.807, 2.05) is 6.92 Å². The van der Waals surface area contributed by atoms with Crippen LogP contribution in [-0.4, -0.2) is 33.2 Å². The second-order valence-electron chi connectivity index (χ2n) is 11.2. The fourth-order valence-corrected chi connectivity index (χ4v) is 8.56. The van der Waals surface area contributed by atoms with Gasteiger partial charge in [-0.3, -0.25) is 14.4 Å². The molecule has 5 aliphatic carbocycles. The first-order valence-electron chi connectivity index (χ1n) is 11.3. The first-order chi connectivity index (χ1) is 13.9. The van der Waals surface area contributed by atoms with Crippen LogP contribution in [-0.2, 0) is 14.4 Å². The number of carboxylic acids is 3. The average Bonchev–Trinajstić information content (AvgIpc) is 2.65. The molecule has 0 radical (unpaired) electrons. The summed E-state index contributed by atoms with van der Waals surface area (Å²) < 4.78 is 0. The number of carbonyl (C=O) groups is 3. The zero-order chi connectivity index (χ0) is 22.2. The van der Waals surface area contributed by atoms with Crippen LogP contribution in [0.15, 0.2) is 11.6 Å². The molecule has 2 bridgehead atoms. The fraction of sp³-hybridized carbons (Fsp3) is 0.792. The summed E-state index contributed by atoms with van der Waals surface area (Å²) in [6.45, 7) is 8.15. The van der Waals surface area contributed by atoms with Gasteiger partial charge in [-0.15, -0.1) is 0 Å². The van der Waals surface area contributed by atoms with Gasteiger partial charge in [-0.2, -0.15) is 0 Å². The number of aliphatic carboxylic acids is 3. The third-order valence-electron chi connectivity index (χ3n) is 9.72. The Labute approximate surface area is 206 Å². The molecule has 7 heteroatoms. The Hall–Kier alpha value is -0.850. The Bertz CT molecular complexity index is 836. The molecule has 3 fully saturated rings. The number of carboxylic acid groups (broad SMARTS) is 3. The maximum Gasteiger partial charge on any atom is 1.00 e. The molecular weight excluding hydrogens is 407 g/mol. The SMILES string of the molecule is CC(C)C1=CC23CCC4C(C)(C(=O)O)CCCC4(C)C2CC1C(C(=O)O)C3C(=O)O.[Na+]. The first kappa shape index (κ1) is 24.8. The summed E-state index contributed by atoms with van der Waals surface area (Å²) in [4.78, 5) is 37.0. The molecule has 0 amide bonds. The van der Waals surface area contributed by atoms with Crippen molar-refractivity contribution in [3.8, 4) is 0 Å². The minimum absolute atomic E-state index is 0. The Kier molecular flexibility index (Phi) is 6.30.